The van der Waals surface area contributed by atoms with Crippen LogP contribution in [0.4, 0.5) is 23.1 Å². The third-order valence-corrected chi connectivity index (χ3v) is 11.4. The van der Waals surface area contributed by atoms with E-state index in [0.717, 1.165) is 73.1 Å². The van der Waals surface area contributed by atoms with Crippen molar-refractivity contribution in [2.75, 3.05) is 41.8 Å². The lowest BCUT2D eigenvalue weighted by molar-refractivity contribution is -0.127. The molecule has 14 nitrogen and oxygen atoms in total. The number of anilines is 4. The van der Waals surface area contributed by atoms with Crippen LogP contribution in [0.2, 0.25) is 0 Å². The van der Waals surface area contributed by atoms with Gasteiger partial charge in [-0.05, 0) is 63.6 Å². The van der Waals surface area contributed by atoms with Gasteiger partial charge in [0.1, 0.15) is 11.6 Å². The van der Waals surface area contributed by atoms with Gasteiger partial charge in [-0.2, -0.15) is 9.19 Å². The molecule has 0 unspecified atom stereocenters. The Bertz CT molecular complexity index is 1850. The van der Waals surface area contributed by atoms with Crippen LogP contribution in [0.1, 0.15) is 45.4 Å². The molecule has 2 aliphatic carbocycles. The van der Waals surface area contributed by atoms with Gasteiger partial charge in [-0.25, -0.2) is 23.4 Å². The highest BCUT2D eigenvalue weighted by molar-refractivity contribution is 7.90. The highest BCUT2D eigenvalue weighted by atomic mass is 32.2. The average Bonchev–Trinajstić information content (AvgIpc) is 3.75. The molecule has 0 amide bonds. The van der Waals surface area contributed by atoms with Crippen molar-refractivity contribution in [3.8, 4) is 22.6 Å². The summed E-state index contributed by atoms with van der Waals surface area (Å²) in [5.41, 5.74) is 2.53. The molecule has 2 saturated carbocycles. The van der Waals surface area contributed by atoms with Crippen LogP contribution in [0, 0.1) is 5.41 Å². The molecule has 4 aliphatic rings. The summed E-state index contributed by atoms with van der Waals surface area (Å²) >= 11 is 0. The van der Waals surface area contributed by atoms with Gasteiger partial charge in [0, 0.05) is 48.8 Å². The molecule has 2 aliphatic heterocycles. The lowest BCUT2D eigenvalue weighted by Gasteiger charge is -2.55. The maximum atomic E-state index is 12.6. The fourth-order valence-electron chi connectivity index (χ4n) is 6.36. The molecule has 2 saturated heterocycles. The first-order valence-electron chi connectivity index (χ1n) is 15.7. The van der Waals surface area contributed by atoms with Crippen LogP contribution in [0.3, 0.4) is 0 Å². The molecule has 15 heteroatoms. The number of aromatic nitrogens is 7. The zero-order chi connectivity index (χ0) is 31.5. The minimum Gasteiger partial charge on any atom is -0.390 e. The molecule has 0 radical (unpaired) electrons. The number of pyridine rings is 1. The first-order valence-corrected chi connectivity index (χ1v) is 17.2. The van der Waals surface area contributed by atoms with E-state index in [4.69, 9.17) is 4.74 Å². The quantitative estimate of drug-likeness (QED) is 0.243. The summed E-state index contributed by atoms with van der Waals surface area (Å²) in [6.07, 6.45) is 10.7. The van der Waals surface area contributed by atoms with Crippen molar-refractivity contribution >= 4 is 33.2 Å². The topological polar surface area (TPSA) is 173 Å². The first-order chi connectivity index (χ1) is 22.1. The Labute approximate surface area is 266 Å². The SMILES string of the molecule is CC1(O)CCC(Nc2cc(Nc3ccnc(-c4cnn(S(=O)(=O)C5CC5)c4)n3)ncc2-c2ccc(N3CC4(COC4)C3)nn2)CC1. The van der Waals surface area contributed by atoms with E-state index >= 15 is 0 Å². The third kappa shape index (κ3) is 5.67. The molecule has 3 N–H and O–H groups in total. The molecule has 0 atom stereocenters. The van der Waals surface area contributed by atoms with Crippen molar-refractivity contribution in [2.24, 2.45) is 5.41 Å². The monoisotopic (exact) mass is 644 g/mol. The maximum Gasteiger partial charge on any atom is 0.256 e. The van der Waals surface area contributed by atoms with Crippen LogP contribution in [-0.4, -0.2) is 91.1 Å². The molecular formula is C31H36N10O4S. The lowest BCUT2D eigenvalue weighted by atomic mass is 9.78. The zero-order valence-electron chi connectivity index (χ0n) is 25.5. The van der Waals surface area contributed by atoms with Crippen molar-refractivity contribution in [2.45, 2.75) is 62.3 Å². The minimum atomic E-state index is -3.48. The van der Waals surface area contributed by atoms with Crippen LogP contribution < -0.4 is 15.5 Å². The molecule has 4 fully saturated rings. The molecular weight excluding hydrogens is 608 g/mol. The number of rotatable bonds is 9. The van der Waals surface area contributed by atoms with E-state index in [1.54, 1.807) is 18.5 Å². The second-order valence-corrected chi connectivity index (χ2v) is 15.5. The summed E-state index contributed by atoms with van der Waals surface area (Å²) in [5.74, 6) is 2.26. The van der Waals surface area contributed by atoms with E-state index in [1.165, 1.54) is 12.4 Å². The zero-order valence-corrected chi connectivity index (χ0v) is 26.3. The summed E-state index contributed by atoms with van der Waals surface area (Å²) in [6, 6.07) is 7.81. The molecule has 4 aromatic heterocycles. The van der Waals surface area contributed by atoms with Gasteiger partial charge >= 0.3 is 0 Å². The normalized spacial score (nSPS) is 23.9. The van der Waals surface area contributed by atoms with Gasteiger partial charge in [0.15, 0.2) is 11.6 Å². The second kappa shape index (κ2) is 11.0. The Kier molecular flexibility index (Phi) is 6.95. The fourth-order valence-corrected chi connectivity index (χ4v) is 7.84. The molecule has 6 heterocycles. The Morgan fingerprint density at radius 2 is 1.80 bits per heavy atom. The number of aliphatic hydroxyl groups is 1. The van der Waals surface area contributed by atoms with E-state index in [1.807, 2.05) is 25.1 Å². The average molecular weight is 645 g/mol. The molecule has 240 valence electrons. The maximum absolute atomic E-state index is 12.6. The van der Waals surface area contributed by atoms with Crippen LogP contribution >= 0.6 is 0 Å². The second-order valence-electron chi connectivity index (χ2n) is 13.4. The number of hydrogen-bond donors (Lipinski definition) is 3. The van der Waals surface area contributed by atoms with Crippen LogP contribution in [0.15, 0.2) is 49.1 Å². The van der Waals surface area contributed by atoms with Gasteiger partial charge in [0.05, 0.1) is 53.1 Å². The number of nitrogens with zero attached hydrogens (tertiary/aromatic N) is 8. The third-order valence-electron chi connectivity index (χ3n) is 9.38. The van der Waals surface area contributed by atoms with Gasteiger partial charge in [0.25, 0.3) is 10.0 Å². The van der Waals surface area contributed by atoms with Crippen molar-refractivity contribution < 1.29 is 18.3 Å². The van der Waals surface area contributed by atoms with Crippen molar-refractivity contribution in [1.29, 1.82) is 0 Å². The van der Waals surface area contributed by atoms with Crippen LogP contribution in [0.5, 0.6) is 0 Å². The Morgan fingerprint density at radius 3 is 2.50 bits per heavy atom. The predicted molar refractivity (Wildman–Crippen MR) is 171 cm³/mol. The fraction of sp³-hybridized carbons (Fsp3) is 0.484. The molecule has 0 aromatic carbocycles. The standard InChI is InChI=1S/C31H36N10O4S/c1-30(42)9-6-21(7-10-30)35-25-12-27(33-14-23(25)24-4-5-28(39-38-24)40-16-31(17-40)18-45-19-31)36-26-8-11-32-29(37-26)20-13-34-41(15-20)46(43,44)22-2-3-22/h4-5,8,11-15,21-22,42H,2-3,6-7,9-10,16-19H2,1H3,(H2,32,33,35,36,37). The van der Waals surface area contributed by atoms with E-state index in [-0.39, 0.29) is 16.7 Å². The van der Waals surface area contributed by atoms with Crippen LogP contribution in [0.25, 0.3) is 22.6 Å². The van der Waals surface area contributed by atoms with Gasteiger partial charge in [-0.3, -0.25) is 0 Å². The van der Waals surface area contributed by atoms with Crippen LogP contribution in [-0.2, 0) is 14.8 Å². The number of ether oxygens (including phenoxy) is 1. The Morgan fingerprint density at radius 1 is 1.00 bits per heavy atom. The molecule has 8 rings (SSSR count). The highest BCUT2D eigenvalue weighted by Gasteiger charge is 2.49. The Hall–Kier alpha value is -4.21. The van der Waals surface area contributed by atoms with E-state index in [0.29, 0.717) is 41.6 Å². The summed E-state index contributed by atoms with van der Waals surface area (Å²) in [4.78, 5) is 15.8. The van der Waals surface area contributed by atoms with E-state index < -0.39 is 15.6 Å². The first kappa shape index (κ1) is 29.2. The van der Waals surface area contributed by atoms with E-state index in [9.17, 15) is 13.5 Å². The minimum absolute atomic E-state index is 0.178. The lowest BCUT2D eigenvalue weighted by Crippen LogP contribution is -2.66. The van der Waals surface area contributed by atoms with Gasteiger partial charge < -0.3 is 25.4 Å². The summed E-state index contributed by atoms with van der Waals surface area (Å²) < 4.78 is 31.6. The van der Waals surface area contributed by atoms with Gasteiger partial charge in [0.2, 0.25) is 0 Å². The summed E-state index contributed by atoms with van der Waals surface area (Å²) in [5, 5.41) is 30.3. The number of nitrogens with one attached hydrogen (secondary N) is 2. The smallest absolute Gasteiger partial charge is 0.256 e. The Balaban J connectivity index is 1.03. The predicted octanol–water partition coefficient (Wildman–Crippen LogP) is 3.22. The van der Waals surface area contributed by atoms with Crippen molar-refractivity contribution in [3.63, 3.8) is 0 Å². The molecule has 4 aromatic rings. The summed E-state index contributed by atoms with van der Waals surface area (Å²) in [7, 11) is -3.48. The molecule has 0 bridgehead atoms. The summed E-state index contributed by atoms with van der Waals surface area (Å²) in [6.45, 7) is 5.41. The van der Waals surface area contributed by atoms with Gasteiger partial charge in [-0.15, -0.1) is 10.2 Å². The molecule has 1 spiro atoms. The highest BCUT2D eigenvalue weighted by Crippen LogP contribution is 2.40. The van der Waals surface area contributed by atoms with Gasteiger partial charge in [-0.1, -0.05) is 0 Å². The number of hydrogen-bond acceptors (Lipinski definition) is 13. The van der Waals surface area contributed by atoms with Crippen molar-refractivity contribution in [1.82, 2.24) is 34.3 Å². The van der Waals surface area contributed by atoms with E-state index in [2.05, 4.69) is 45.8 Å². The largest absolute Gasteiger partial charge is 0.390 e. The van der Waals surface area contributed by atoms with Crippen molar-refractivity contribution in [3.05, 3.63) is 49.1 Å². The molecule has 46 heavy (non-hydrogen) atoms.